The van der Waals surface area contributed by atoms with E-state index in [0.29, 0.717) is 13.0 Å². The van der Waals surface area contributed by atoms with Gasteiger partial charge in [0.25, 0.3) is 0 Å². The van der Waals surface area contributed by atoms with Gasteiger partial charge in [-0.05, 0) is 6.42 Å². The highest BCUT2D eigenvalue weighted by Gasteiger charge is 2.17. The van der Waals surface area contributed by atoms with E-state index in [1.807, 2.05) is 0 Å². The highest BCUT2D eigenvalue weighted by molar-refractivity contribution is 8.06. The Morgan fingerprint density at radius 1 is 1.31 bits per heavy atom. The molecule has 0 rings (SSSR count). The van der Waals surface area contributed by atoms with Gasteiger partial charge in [-0.1, -0.05) is 0 Å². The summed E-state index contributed by atoms with van der Waals surface area (Å²) in [6.07, 6.45) is 1.24. The molecule has 0 aliphatic rings. The standard InChI is InChI=1S/C7H16ClNO5S2/c1-14-5-7(8)3-4-9-16(12,13)6-15(2,10)11/h7,9H,3-6H2,1-2H3. The molecule has 0 aromatic rings. The van der Waals surface area contributed by atoms with Gasteiger partial charge in [0.05, 0.1) is 12.0 Å². The second-order valence-electron chi connectivity index (χ2n) is 3.39. The lowest BCUT2D eigenvalue weighted by molar-refractivity contribution is 0.196. The van der Waals surface area contributed by atoms with Crippen molar-refractivity contribution in [1.29, 1.82) is 0 Å². The molecule has 0 fully saturated rings. The predicted octanol–water partition coefficient (Wildman–Crippen LogP) is -0.448. The van der Waals surface area contributed by atoms with Crippen molar-refractivity contribution < 1.29 is 21.6 Å². The van der Waals surface area contributed by atoms with Gasteiger partial charge in [-0.25, -0.2) is 21.6 Å². The molecule has 0 bridgehead atoms. The Balaban J connectivity index is 4.02. The highest BCUT2D eigenvalue weighted by atomic mass is 35.5. The van der Waals surface area contributed by atoms with Gasteiger partial charge in [0, 0.05) is 19.9 Å². The third kappa shape index (κ3) is 9.34. The number of sulfonamides is 1. The van der Waals surface area contributed by atoms with Crippen LogP contribution < -0.4 is 4.72 Å². The minimum Gasteiger partial charge on any atom is -0.383 e. The summed E-state index contributed by atoms with van der Waals surface area (Å²) in [5, 5.41) is -1.21. The molecule has 1 unspecified atom stereocenters. The van der Waals surface area contributed by atoms with Crippen LogP contribution >= 0.6 is 11.6 Å². The van der Waals surface area contributed by atoms with E-state index < -0.39 is 24.9 Å². The molecular formula is C7H16ClNO5S2. The molecule has 0 aromatic carbocycles. The second kappa shape index (κ2) is 6.75. The number of halogens is 1. The first kappa shape index (κ1) is 16.1. The molecule has 0 saturated heterocycles. The number of hydrogen-bond donors (Lipinski definition) is 1. The Morgan fingerprint density at radius 2 is 1.88 bits per heavy atom. The molecule has 0 heterocycles. The van der Waals surface area contributed by atoms with Crippen LogP contribution in [0.5, 0.6) is 0 Å². The number of hydrogen-bond acceptors (Lipinski definition) is 5. The second-order valence-corrected chi connectivity index (χ2v) is 8.32. The smallest absolute Gasteiger partial charge is 0.226 e. The molecule has 0 amide bonds. The van der Waals surface area contributed by atoms with Crippen molar-refractivity contribution in [2.75, 3.05) is 31.6 Å². The average Bonchev–Trinajstić information content (AvgIpc) is 1.98. The lowest BCUT2D eigenvalue weighted by Gasteiger charge is -2.09. The summed E-state index contributed by atoms with van der Waals surface area (Å²) in [4.78, 5) is 0. The molecule has 0 aliphatic heterocycles. The van der Waals surface area contributed by atoms with Crippen LogP contribution in [0, 0.1) is 0 Å². The first-order chi connectivity index (χ1) is 7.16. The quantitative estimate of drug-likeness (QED) is 0.612. The fourth-order valence-electron chi connectivity index (χ4n) is 0.959. The van der Waals surface area contributed by atoms with Crippen molar-refractivity contribution in [3.8, 4) is 0 Å². The fraction of sp³-hybridized carbons (Fsp3) is 1.00. The number of rotatable bonds is 8. The fourth-order valence-corrected chi connectivity index (χ4v) is 4.21. The van der Waals surface area contributed by atoms with Crippen LogP contribution in [0.3, 0.4) is 0 Å². The first-order valence-corrected chi connectivity index (χ1v) is 8.59. The summed E-state index contributed by atoms with van der Waals surface area (Å²) in [7, 11) is -5.85. The third-order valence-electron chi connectivity index (χ3n) is 1.50. The number of nitrogens with one attached hydrogen (secondary N) is 1. The Morgan fingerprint density at radius 3 is 2.31 bits per heavy atom. The van der Waals surface area contributed by atoms with E-state index >= 15 is 0 Å². The maximum absolute atomic E-state index is 11.2. The Labute approximate surface area is 101 Å². The molecule has 9 heteroatoms. The number of methoxy groups -OCH3 is 1. The molecule has 0 aliphatic carbocycles. The summed E-state index contributed by atoms with van der Waals surface area (Å²) < 4.78 is 50.9. The molecule has 1 atom stereocenters. The van der Waals surface area contributed by atoms with E-state index in [1.54, 1.807) is 0 Å². The lowest BCUT2D eigenvalue weighted by Crippen LogP contribution is -2.31. The summed E-state index contributed by atoms with van der Waals surface area (Å²) in [6.45, 7) is 0.407. The van der Waals surface area contributed by atoms with E-state index in [1.165, 1.54) is 7.11 Å². The summed E-state index contributed by atoms with van der Waals surface area (Å²) in [5.74, 6) is 0. The maximum Gasteiger partial charge on any atom is 0.226 e. The van der Waals surface area contributed by atoms with Gasteiger partial charge in [-0.2, -0.15) is 0 Å². The van der Waals surface area contributed by atoms with E-state index in [2.05, 4.69) is 4.72 Å². The first-order valence-electron chi connectivity index (χ1n) is 4.44. The van der Waals surface area contributed by atoms with E-state index in [9.17, 15) is 16.8 Å². The van der Waals surface area contributed by atoms with Crippen LogP contribution in [0.25, 0.3) is 0 Å². The van der Waals surface area contributed by atoms with Gasteiger partial charge in [0.1, 0.15) is 0 Å². The topological polar surface area (TPSA) is 89.5 Å². The van der Waals surface area contributed by atoms with Crippen LogP contribution in [0.2, 0.25) is 0 Å². The largest absolute Gasteiger partial charge is 0.383 e. The van der Waals surface area contributed by atoms with E-state index in [-0.39, 0.29) is 11.9 Å². The van der Waals surface area contributed by atoms with Gasteiger partial charge in [0.2, 0.25) is 10.0 Å². The van der Waals surface area contributed by atoms with Crippen molar-refractivity contribution in [2.24, 2.45) is 0 Å². The van der Waals surface area contributed by atoms with Crippen LogP contribution in [0.15, 0.2) is 0 Å². The lowest BCUT2D eigenvalue weighted by atomic mass is 10.3. The molecule has 98 valence electrons. The van der Waals surface area contributed by atoms with E-state index in [4.69, 9.17) is 16.3 Å². The summed E-state index contributed by atoms with van der Waals surface area (Å²) in [6, 6.07) is 0. The zero-order chi connectivity index (χ0) is 12.8. The highest BCUT2D eigenvalue weighted by Crippen LogP contribution is 2.01. The van der Waals surface area contributed by atoms with Gasteiger partial charge in [-0.15, -0.1) is 11.6 Å². The molecule has 1 N–H and O–H groups in total. The van der Waals surface area contributed by atoms with Crippen molar-refractivity contribution in [3.05, 3.63) is 0 Å². The molecule has 0 spiro atoms. The minimum atomic E-state index is -3.79. The van der Waals surface area contributed by atoms with Crippen LogP contribution in [0.1, 0.15) is 6.42 Å². The molecule has 0 saturated carbocycles. The van der Waals surface area contributed by atoms with Gasteiger partial charge < -0.3 is 4.74 Å². The average molecular weight is 294 g/mol. The van der Waals surface area contributed by atoms with Gasteiger partial charge in [-0.3, -0.25) is 0 Å². The predicted molar refractivity (Wildman–Crippen MR) is 62.8 cm³/mol. The number of alkyl halides is 1. The van der Waals surface area contributed by atoms with Crippen molar-refractivity contribution in [2.45, 2.75) is 11.8 Å². The number of ether oxygens (including phenoxy) is 1. The van der Waals surface area contributed by atoms with Crippen molar-refractivity contribution >= 4 is 31.5 Å². The minimum absolute atomic E-state index is 0.0926. The monoisotopic (exact) mass is 293 g/mol. The van der Waals surface area contributed by atoms with Crippen molar-refractivity contribution in [1.82, 2.24) is 4.72 Å². The summed E-state index contributed by atoms with van der Waals surface area (Å²) in [5.41, 5.74) is 0. The normalized spacial score (nSPS) is 14.9. The van der Waals surface area contributed by atoms with Crippen LogP contribution in [0.4, 0.5) is 0 Å². The molecule has 0 aromatic heterocycles. The molecule has 6 nitrogen and oxygen atoms in total. The number of sulfone groups is 1. The Kier molecular flexibility index (Phi) is 6.80. The zero-order valence-electron chi connectivity index (χ0n) is 9.14. The van der Waals surface area contributed by atoms with Gasteiger partial charge >= 0.3 is 0 Å². The zero-order valence-corrected chi connectivity index (χ0v) is 11.5. The van der Waals surface area contributed by atoms with Crippen LogP contribution in [-0.4, -0.2) is 53.8 Å². The SMILES string of the molecule is COCC(Cl)CCNS(=O)(=O)CS(C)(=O)=O. The maximum atomic E-state index is 11.2. The third-order valence-corrected chi connectivity index (χ3v) is 5.44. The Hall–Kier alpha value is 0.110. The molecule has 0 radical (unpaired) electrons. The Bertz CT molecular complexity index is 391. The van der Waals surface area contributed by atoms with Crippen LogP contribution in [-0.2, 0) is 24.6 Å². The van der Waals surface area contributed by atoms with E-state index in [0.717, 1.165) is 6.26 Å². The molecular weight excluding hydrogens is 278 g/mol. The van der Waals surface area contributed by atoms with Gasteiger partial charge in [0.15, 0.2) is 14.9 Å². The van der Waals surface area contributed by atoms with Crippen molar-refractivity contribution in [3.63, 3.8) is 0 Å². The summed E-state index contributed by atoms with van der Waals surface area (Å²) >= 11 is 5.76. The molecule has 16 heavy (non-hydrogen) atoms.